The summed E-state index contributed by atoms with van der Waals surface area (Å²) in [5.41, 5.74) is 2.53. The van der Waals surface area contributed by atoms with Crippen LogP contribution in [0.3, 0.4) is 0 Å². The molecule has 12 heteroatoms. The number of nitrogens with zero attached hydrogens (tertiary/aromatic N) is 3. The Morgan fingerprint density at radius 2 is 1.37 bits per heavy atom. The molecule has 0 aliphatic carbocycles. The normalized spacial score (nSPS) is 15.0. The summed E-state index contributed by atoms with van der Waals surface area (Å²) in [7, 11) is 1.73. The average molecular weight is 716 g/mol. The molecule has 0 amide bonds. The molecule has 1 atom stereocenters. The van der Waals surface area contributed by atoms with Crippen LogP contribution in [0.15, 0.2) is 76.5 Å². The van der Waals surface area contributed by atoms with Crippen LogP contribution in [0.4, 0.5) is 11.4 Å². The largest absolute Gasteiger partial charge is 0.497 e. The number of rotatable bonds is 15. The van der Waals surface area contributed by atoms with Gasteiger partial charge in [0.15, 0.2) is 0 Å². The highest BCUT2D eigenvalue weighted by Crippen LogP contribution is 2.49. The predicted molar refractivity (Wildman–Crippen MR) is 196 cm³/mol. The van der Waals surface area contributed by atoms with Crippen LogP contribution in [0.1, 0.15) is 20.3 Å². The van der Waals surface area contributed by atoms with Crippen molar-refractivity contribution < 1.29 is 19.3 Å². The number of para-hydroxylation sites is 1. The van der Waals surface area contributed by atoms with Gasteiger partial charge >= 0.3 is 0 Å². The molecule has 2 heterocycles. The van der Waals surface area contributed by atoms with E-state index >= 15 is 0 Å². The molecule has 0 aromatic heterocycles. The second-order valence-electron chi connectivity index (χ2n) is 11.4. The van der Waals surface area contributed by atoms with Crippen LogP contribution in [0, 0.1) is 0 Å². The number of hydrogen-bond donors (Lipinski definition) is 2. The smallest absolute Gasteiger partial charge is 0.121 e. The van der Waals surface area contributed by atoms with Crippen molar-refractivity contribution in [3.63, 3.8) is 0 Å². The molecule has 0 spiro atoms. The lowest BCUT2D eigenvalue weighted by Gasteiger charge is -2.36. The predicted octanol–water partition coefficient (Wildman–Crippen LogP) is 6.39. The minimum Gasteiger partial charge on any atom is -0.497 e. The van der Waals surface area contributed by atoms with Gasteiger partial charge in [-0.2, -0.15) is 0 Å². The van der Waals surface area contributed by atoms with Gasteiger partial charge < -0.3 is 34.4 Å². The van der Waals surface area contributed by atoms with E-state index in [4.69, 9.17) is 14.2 Å². The van der Waals surface area contributed by atoms with Gasteiger partial charge in [0.2, 0.25) is 0 Å². The summed E-state index contributed by atoms with van der Waals surface area (Å²) in [6.07, 6.45) is 0.568. The molecule has 256 valence electrons. The maximum Gasteiger partial charge on any atom is 0.121 e. The van der Waals surface area contributed by atoms with E-state index < -0.39 is 6.10 Å². The lowest BCUT2D eigenvalue weighted by molar-refractivity contribution is 0.104. The van der Waals surface area contributed by atoms with E-state index in [1.165, 1.54) is 21.2 Å². The maximum atomic E-state index is 10.0. The number of methoxy groups -OCH3 is 1. The highest BCUT2D eigenvalue weighted by molar-refractivity contribution is 7.99. The van der Waals surface area contributed by atoms with Crippen LogP contribution < -0.4 is 24.4 Å². The highest BCUT2D eigenvalue weighted by atomic mass is 35.5. The Kier molecular flexibility index (Phi) is 17.7. The summed E-state index contributed by atoms with van der Waals surface area (Å²) in [5, 5.41) is 13.2. The van der Waals surface area contributed by atoms with Crippen molar-refractivity contribution in [2.45, 2.75) is 42.2 Å². The zero-order chi connectivity index (χ0) is 30.0. The van der Waals surface area contributed by atoms with Gasteiger partial charge in [-0.1, -0.05) is 37.7 Å². The minimum atomic E-state index is -0.535. The van der Waals surface area contributed by atoms with E-state index in [1.54, 1.807) is 7.11 Å². The Morgan fingerprint density at radius 1 is 0.761 bits per heavy atom. The summed E-state index contributed by atoms with van der Waals surface area (Å²) >= 11 is 1.84. The van der Waals surface area contributed by atoms with Crippen molar-refractivity contribution in [2.24, 2.45) is 0 Å². The summed E-state index contributed by atoms with van der Waals surface area (Å²) in [6, 6.07) is 23.1. The van der Waals surface area contributed by atoms with E-state index in [0.29, 0.717) is 19.2 Å². The van der Waals surface area contributed by atoms with E-state index in [0.717, 1.165) is 69.5 Å². The molecular formula is C34H49Cl3N4O4S. The van der Waals surface area contributed by atoms with Gasteiger partial charge in [0.1, 0.15) is 36.6 Å². The first kappa shape index (κ1) is 40.1. The van der Waals surface area contributed by atoms with Crippen LogP contribution in [0.25, 0.3) is 0 Å². The number of aliphatic hydroxyl groups excluding tert-OH is 1. The van der Waals surface area contributed by atoms with Crippen LogP contribution in [-0.4, -0.2) is 99.7 Å². The summed E-state index contributed by atoms with van der Waals surface area (Å²) < 4.78 is 17.2. The molecule has 0 unspecified atom stereocenters. The molecular weight excluding hydrogens is 667 g/mol. The van der Waals surface area contributed by atoms with E-state index in [-0.39, 0.29) is 43.8 Å². The van der Waals surface area contributed by atoms with Gasteiger partial charge in [0.05, 0.1) is 18.5 Å². The Labute approximate surface area is 297 Å². The quantitative estimate of drug-likeness (QED) is 0.187. The number of benzene rings is 3. The molecule has 3 aromatic carbocycles. The number of fused-ring (bicyclic) bond motifs is 2. The molecule has 8 nitrogen and oxygen atoms in total. The summed E-state index contributed by atoms with van der Waals surface area (Å²) in [6.45, 7) is 12.8. The van der Waals surface area contributed by atoms with Crippen molar-refractivity contribution in [2.75, 3.05) is 77.6 Å². The van der Waals surface area contributed by atoms with Gasteiger partial charge in [-0.05, 0) is 61.5 Å². The molecule has 2 aliphatic heterocycles. The Bertz CT molecular complexity index is 1300. The molecule has 2 aliphatic rings. The third-order valence-corrected chi connectivity index (χ3v) is 8.99. The van der Waals surface area contributed by atoms with Crippen molar-refractivity contribution in [1.82, 2.24) is 15.1 Å². The number of piperazine rings is 1. The molecule has 1 fully saturated rings. The highest BCUT2D eigenvalue weighted by Gasteiger charge is 2.24. The standard InChI is InChI=1S/C34H46N4O4S.3ClH/c1-26(2)35-24-27(39)25-42-29-11-9-28(10-12-29)41-22-21-37-19-17-36(18-20-37)15-6-16-38-31-7-4-5-8-33(31)43-34-14-13-30(40-3)23-32(34)38;;;/h4-5,7-14,23,26-27,35,39H,6,15-22,24-25H2,1-3H3;3*1H/t27-;;;/m0.../s1. The molecule has 0 saturated carbocycles. The van der Waals surface area contributed by atoms with Crippen molar-refractivity contribution in [3.8, 4) is 17.2 Å². The maximum absolute atomic E-state index is 10.0. The molecule has 1 saturated heterocycles. The van der Waals surface area contributed by atoms with Crippen molar-refractivity contribution >= 4 is 60.4 Å². The number of hydrogen-bond acceptors (Lipinski definition) is 9. The number of ether oxygens (including phenoxy) is 3. The zero-order valence-corrected chi connectivity index (χ0v) is 30.2. The third kappa shape index (κ3) is 11.6. The first-order valence-corrected chi connectivity index (χ1v) is 16.2. The van der Waals surface area contributed by atoms with Crippen LogP contribution in [0.5, 0.6) is 17.2 Å². The lowest BCUT2D eigenvalue weighted by atomic mass is 10.2. The number of halogens is 3. The van der Waals surface area contributed by atoms with E-state index in [9.17, 15) is 5.11 Å². The first-order valence-electron chi connectivity index (χ1n) is 15.4. The van der Waals surface area contributed by atoms with Gasteiger partial charge in [0.25, 0.3) is 0 Å². The molecule has 2 N–H and O–H groups in total. The molecule has 3 aromatic rings. The summed E-state index contributed by atoms with van der Waals surface area (Å²) in [4.78, 5) is 10.1. The second-order valence-corrected chi connectivity index (χ2v) is 12.5. The lowest BCUT2D eigenvalue weighted by Crippen LogP contribution is -2.47. The molecule has 0 bridgehead atoms. The zero-order valence-electron chi connectivity index (χ0n) is 26.9. The Hall–Kier alpha value is -2.08. The molecule has 5 rings (SSSR count). The van der Waals surface area contributed by atoms with Crippen LogP contribution in [-0.2, 0) is 0 Å². The van der Waals surface area contributed by atoms with Crippen LogP contribution >= 0.6 is 49.0 Å². The van der Waals surface area contributed by atoms with E-state index in [1.807, 2.05) is 36.0 Å². The second kappa shape index (κ2) is 20.3. The van der Waals surface area contributed by atoms with Gasteiger partial charge in [-0.15, -0.1) is 37.2 Å². The number of nitrogens with one attached hydrogen (secondary N) is 1. The monoisotopic (exact) mass is 714 g/mol. The number of aliphatic hydroxyl groups is 1. The average Bonchev–Trinajstić information content (AvgIpc) is 3.03. The minimum absolute atomic E-state index is 0. The van der Waals surface area contributed by atoms with Crippen molar-refractivity contribution in [1.29, 1.82) is 0 Å². The van der Waals surface area contributed by atoms with Gasteiger partial charge in [0, 0.05) is 67.7 Å². The van der Waals surface area contributed by atoms with E-state index in [2.05, 4.69) is 76.3 Å². The fourth-order valence-corrected chi connectivity index (χ4v) is 6.49. The first-order chi connectivity index (χ1) is 21.0. The fourth-order valence-electron chi connectivity index (χ4n) is 5.41. The molecule has 0 radical (unpaired) electrons. The number of anilines is 2. The van der Waals surface area contributed by atoms with Crippen LogP contribution in [0.2, 0.25) is 0 Å². The van der Waals surface area contributed by atoms with Gasteiger partial charge in [-0.3, -0.25) is 4.90 Å². The molecule has 46 heavy (non-hydrogen) atoms. The third-order valence-electron chi connectivity index (χ3n) is 7.86. The summed E-state index contributed by atoms with van der Waals surface area (Å²) in [5.74, 6) is 2.47. The SMILES string of the molecule is COc1ccc2c(c1)N(CCCN1CCN(CCOc3ccc(OC[C@@H](O)CNC(C)C)cc3)CC1)c1ccccc1S2.Cl.Cl.Cl. The Morgan fingerprint density at radius 3 is 2.04 bits per heavy atom. The fraction of sp³-hybridized carbons (Fsp3) is 0.471. The van der Waals surface area contributed by atoms with Gasteiger partial charge in [-0.25, -0.2) is 0 Å². The Balaban J connectivity index is 0.00000245. The van der Waals surface area contributed by atoms with Crippen molar-refractivity contribution in [3.05, 3.63) is 66.7 Å². The topological polar surface area (TPSA) is 69.7 Å².